The molecule has 0 spiro atoms. The average molecular weight is 499 g/mol. The zero-order valence-electron chi connectivity index (χ0n) is 20.0. The van der Waals surface area contributed by atoms with Crippen LogP contribution in [0.5, 0.6) is 11.5 Å². The van der Waals surface area contributed by atoms with E-state index in [1.807, 2.05) is 0 Å². The van der Waals surface area contributed by atoms with Crippen molar-refractivity contribution in [3.8, 4) is 11.5 Å². The number of hydrogen-bond acceptors (Lipinski definition) is 7. The van der Waals surface area contributed by atoms with Crippen LogP contribution < -0.4 is 21.3 Å². The lowest BCUT2D eigenvalue weighted by Gasteiger charge is -2.19. The second kappa shape index (κ2) is 13.5. The minimum Gasteiger partial charge on any atom is -0.508 e. The largest absolute Gasteiger partial charge is 0.508 e. The summed E-state index contributed by atoms with van der Waals surface area (Å²) in [5.41, 5.74) is 1.42. The first kappa shape index (κ1) is 27.8. The first-order valence-corrected chi connectivity index (χ1v) is 11.2. The van der Waals surface area contributed by atoms with Crippen LogP contribution in [0.2, 0.25) is 0 Å². The molecule has 0 heterocycles. The molecule has 0 bridgehead atoms. The molecule has 36 heavy (non-hydrogen) atoms. The Hall–Kier alpha value is -4.41. The number of aromatic hydroxyl groups is 2. The van der Waals surface area contributed by atoms with E-state index < -0.39 is 48.3 Å². The molecule has 2 aromatic carbocycles. The predicted molar refractivity (Wildman–Crippen MR) is 130 cm³/mol. The molecule has 4 amide bonds. The average Bonchev–Trinajstić information content (AvgIpc) is 2.83. The van der Waals surface area contributed by atoms with Gasteiger partial charge in [-0.05, 0) is 48.7 Å². The first-order valence-electron chi connectivity index (χ1n) is 11.2. The summed E-state index contributed by atoms with van der Waals surface area (Å²) in [7, 11) is 0. The minimum absolute atomic E-state index is 0.0638. The van der Waals surface area contributed by atoms with Crippen LogP contribution in [-0.2, 0) is 36.8 Å². The standard InChI is InChI=1S/C25H30N4O7/c1-15(24(35)29-19(14-30)11-17-3-7-20(32)8-4-17)27-23(34)13-26-25(36)22(28-16(2)31)12-18-5-9-21(33)10-6-18/h3-10,14-15,19,22,32-33H,11-13H2,1-2H3,(H,26,36)(H,27,34)(H,28,31)(H,29,35)/t15-,19-,22-/m0/s1. The number of phenols is 2. The summed E-state index contributed by atoms with van der Waals surface area (Å²) in [5, 5.41) is 28.7. The lowest BCUT2D eigenvalue weighted by Crippen LogP contribution is -2.53. The van der Waals surface area contributed by atoms with E-state index in [0.29, 0.717) is 11.8 Å². The molecule has 11 nitrogen and oxygen atoms in total. The molecule has 3 atom stereocenters. The van der Waals surface area contributed by atoms with Crippen molar-refractivity contribution in [3.05, 3.63) is 59.7 Å². The number of nitrogens with one attached hydrogen (secondary N) is 4. The van der Waals surface area contributed by atoms with Gasteiger partial charge in [0, 0.05) is 13.3 Å². The molecule has 11 heteroatoms. The second-order valence-corrected chi connectivity index (χ2v) is 8.25. The van der Waals surface area contributed by atoms with Crippen molar-refractivity contribution in [1.29, 1.82) is 0 Å². The highest BCUT2D eigenvalue weighted by Gasteiger charge is 2.23. The number of hydrogen-bond donors (Lipinski definition) is 6. The lowest BCUT2D eigenvalue weighted by molar-refractivity contribution is -0.131. The molecule has 0 unspecified atom stereocenters. The zero-order chi connectivity index (χ0) is 26.7. The number of aldehydes is 1. The van der Waals surface area contributed by atoms with Gasteiger partial charge in [-0.15, -0.1) is 0 Å². The summed E-state index contributed by atoms with van der Waals surface area (Å²) in [5.74, 6) is -2.11. The number of carbonyl (C=O) groups is 5. The van der Waals surface area contributed by atoms with Crippen LogP contribution >= 0.6 is 0 Å². The molecule has 6 N–H and O–H groups in total. The van der Waals surface area contributed by atoms with E-state index >= 15 is 0 Å². The Morgan fingerprint density at radius 1 is 0.806 bits per heavy atom. The Balaban J connectivity index is 1.85. The molecule has 0 fully saturated rings. The highest BCUT2D eigenvalue weighted by Crippen LogP contribution is 2.12. The second-order valence-electron chi connectivity index (χ2n) is 8.25. The van der Waals surface area contributed by atoms with Crippen molar-refractivity contribution in [1.82, 2.24) is 21.3 Å². The fourth-order valence-electron chi connectivity index (χ4n) is 3.30. The van der Waals surface area contributed by atoms with Crippen molar-refractivity contribution >= 4 is 29.9 Å². The van der Waals surface area contributed by atoms with Gasteiger partial charge in [0.05, 0.1) is 12.6 Å². The fraction of sp³-hybridized carbons (Fsp3) is 0.320. The Morgan fingerprint density at radius 3 is 1.83 bits per heavy atom. The molecule has 0 saturated heterocycles. The van der Waals surface area contributed by atoms with Crippen LogP contribution in [0.4, 0.5) is 0 Å². The first-order chi connectivity index (χ1) is 17.1. The molecule has 0 saturated carbocycles. The Kier molecular flexibility index (Phi) is 10.4. The number of benzene rings is 2. The van der Waals surface area contributed by atoms with E-state index in [0.717, 1.165) is 5.56 Å². The van der Waals surface area contributed by atoms with Gasteiger partial charge in [-0.25, -0.2) is 0 Å². The number of phenolic OH excluding ortho intramolecular Hbond substituents is 2. The predicted octanol–water partition coefficient (Wildman–Crippen LogP) is -0.308. The van der Waals surface area contributed by atoms with Gasteiger partial charge < -0.3 is 36.3 Å². The van der Waals surface area contributed by atoms with Crippen LogP contribution in [0.25, 0.3) is 0 Å². The normalized spacial score (nSPS) is 12.9. The topological polar surface area (TPSA) is 174 Å². The molecule has 2 rings (SSSR count). The SMILES string of the molecule is CC(=O)N[C@@H](Cc1ccc(O)cc1)C(=O)NCC(=O)N[C@@H](C)C(=O)N[C@H](C=O)Cc1ccc(O)cc1. The molecular weight excluding hydrogens is 468 g/mol. The Labute approximate surface area is 208 Å². The summed E-state index contributed by atoms with van der Waals surface area (Å²) >= 11 is 0. The van der Waals surface area contributed by atoms with Gasteiger partial charge in [-0.2, -0.15) is 0 Å². The molecular formula is C25H30N4O7. The van der Waals surface area contributed by atoms with Gasteiger partial charge >= 0.3 is 0 Å². The van der Waals surface area contributed by atoms with Crippen LogP contribution in [0.15, 0.2) is 48.5 Å². The van der Waals surface area contributed by atoms with Gasteiger partial charge in [0.25, 0.3) is 0 Å². The fourth-order valence-corrected chi connectivity index (χ4v) is 3.30. The maximum atomic E-state index is 12.6. The van der Waals surface area contributed by atoms with Crippen molar-refractivity contribution in [2.75, 3.05) is 6.54 Å². The Morgan fingerprint density at radius 2 is 1.33 bits per heavy atom. The third kappa shape index (κ3) is 9.45. The summed E-state index contributed by atoms with van der Waals surface area (Å²) < 4.78 is 0. The maximum absolute atomic E-state index is 12.6. The van der Waals surface area contributed by atoms with E-state index in [4.69, 9.17) is 0 Å². The number of rotatable bonds is 12. The smallest absolute Gasteiger partial charge is 0.243 e. The molecule has 0 aromatic heterocycles. The van der Waals surface area contributed by atoms with Gasteiger partial charge in [0.15, 0.2) is 0 Å². The maximum Gasteiger partial charge on any atom is 0.243 e. The number of amides is 4. The van der Waals surface area contributed by atoms with Crippen molar-refractivity contribution in [2.24, 2.45) is 0 Å². The monoisotopic (exact) mass is 498 g/mol. The van der Waals surface area contributed by atoms with Crippen LogP contribution in [0.1, 0.15) is 25.0 Å². The third-order valence-electron chi connectivity index (χ3n) is 5.15. The van der Waals surface area contributed by atoms with E-state index in [1.165, 1.54) is 38.1 Å². The molecule has 0 aliphatic heterocycles. The van der Waals surface area contributed by atoms with Gasteiger partial charge in [-0.1, -0.05) is 24.3 Å². The van der Waals surface area contributed by atoms with Gasteiger partial charge in [0.1, 0.15) is 29.9 Å². The summed E-state index contributed by atoms with van der Waals surface area (Å²) in [4.78, 5) is 60.1. The molecule has 192 valence electrons. The lowest BCUT2D eigenvalue weighted by atomic mass is 10.0. The van der Waals surface area contributed by atoms with Crippen molar-refractivity contribution in [3.63, 3.8) is 0 Å². The van der Waals surface area contributed by atoms with Crippen molar-refractivity contribution in [2.45, 2.75) is 44.8 Å². The minimum atomic E-state index is -0.986. The van der Waals surface area contributed by atoms with E-state index in [-0.39, 0.29) is 24.3 Å². The van der Waals surface area contributed by atoms with E-state index in [9.17, 15) is 34.2 Å². The molecule has 0 radical (unpaired) electrons. The van der Waals surface area contributed by atoms with E-state index in [2.05, 4.69) is 21.3 Å². The van der Waals surface area contributed by atoms with Crippen LogP contribution in [0.3, 0.4) is 0 Å². The highest BCUT2D eigenvalue weighted by molar-refractivity contribution is 5.92. The summed E-state index contributed by atoms with van der Waals surface area (Å²) in [6, 6.07) is 9.55. The third-order valence-corrected chi connectivity index (χ3v) is 5.15. The molecule has 0 aliphatic rings. The summed E-state index contributed by atoms with van der Waals surface area (Å²) in [6.45, 7) is 2.26. The number of carbonyl (C=O) groups excluding carboxylic acids is 5. The molecule has 0 aliphatic carbocycles. The zero-order valence-corrected chi connectivity index (χ0v) is 20.0. The molecule has 2 aromatic rings. The Bertz CT molecular complexity index is 1070. The summed E-state index contributed by atoms with van der Waals surface area (Å²) in [6.07, 6.45) is 0.924. The van der Waals surface area contributed by atoms with E-state index in [1.54, 1.807) is 24.3 Å². The van der Waals surface area contributed by atoms with Crippen LogP contribution in [-0.4, -0.2) is 64.8 Å². The highest BCUT2D eigenvalue weighted by atomic mass is 16.3. The van der Waals surface area contributed by atoms with Crippen LogP contribution in [0, 0.1) is 0 Å². The quantitative estimate of drug-likeness (QED) is 0.218. The van der Waals surface area contributed by atoms with Gasteiger partial charge in [-0.3, -0.25) is 19.2 Å². The van der Waals surface area contributed by atoms with Gasteiger partial charge in [0.2, 0.25) is 23.6 Å². The van der Waals surface area contributed by atoms with Crippen molar-refractivity contribution < 1.29 is 34.2 Å².